The SMILES string of the molecule is O=C(C[C@@H]1C[C@@H]1c1nc2ccccc2[nH]1)N[C@@H]1CCN(c2nc(C(F)(F)F)cs2)C1. The maximum atomic E-state index is 12.7. The second-order valence-corrected chi connectivity index (χ2v) is 8.79. The van der Waals surface area contributed by atoms with Gasteiger partial charge in [0.15, 0.2) is 10.8 Å². The van der Waals surface area contributed by atoms with E-state index in [1.165, 1.54) is 0 Å². The van der Waals surface area contributed by atoms with E-state index in [4.69, 9.17) is 0 Å². The molecule has 3 atom stereocenters. The fourth-order valence-corrected chi connectivity index (χ4v) is 4.94. The molecule has 1 saturated carbocycles. The number of imidazole rings is 1. The number of hydrogen-bond acceptors (Lipinski definition) is 5. The molecule has 5 rings (SSSR count). The number of fused-ring (bicyclic) bond motifs is 1. The van der Waals surface area contributed by atoms with E-state index >= 15 is 0 Å². The van der Waals surface area contributed by atoms with Crippen molar-refractivity contribution in [3.8, 4) is 0 Å². The van der Waals surface area contributed by atoms with Crippen LogP contribution >= 0.6 is 11.3 Å². The first-order valence-corrected chi connectivity index (χ1v) is 10.8. The van der Waals surface area contributed by atoms with Crippen molar-refractivity contribution in [2.75, 3.05) is 18.0 Å². The maximum absolute atomic E-state index is 12.7. The largest absolute Gasteiger partial charge is 0.434 e. The number of benzene rings is 1. The van der Waals surface area contributed by atoms with Crippen LogP contribution in [0.15, 0.2) is 29.6 Å². The van der Waals surface area contributed by atoms with Gasteiger partial charge in [0.1, 0.15) is 5.82 Å². The van der Waals surface area contributed by atoms with Gasteiger partial charge in [0.05, 0.1) is 11.0 Å². The second-order valence-electron chi connectivity index (χ2n) is 7.96. The van der Waals surface area contributed by atoms with Crippen LogP contribution in [0.4, 0.5) is 18.3 Å². The first-order chi connectivity index (χ1) is 14.4. The molecular formula is C20H20F3N5OS. The van der Waals surface area contributed by atoms with E-state index < -0.39 is 11.9 Å². The highest BCUT2D eigenvalue weighted by Crippen LogP contribution is 2.48. The number of H-pyrrole nitrogens is 1. The molecule has 1 aliphatic heterocycles. The fraction of sp³-hybridized carbons (Fsp3) is 0.450. The van der Waals surface area contributed by atoms with Gasteiger partial charge in [0.25, 0.3) is 0 Å². The lowest BCUT2D eigenvalue weighted by Crippen LogP contribution is -2.37. The van der Waals surface area contributed by atoms with E-state index in [0.717, 1.165) is 40.0 Å². The van der Waals surface area contributed by atoms with Gasteiger partial charge in [-0.2, -0.15) is 13.2 Å². The maximum Gasteiger partial charge on any atom is 0.434 e. The molecule has 0 radical (unpaired) electrons. The molecule has 2 aromatic heterocycles. The van der Waals surface area contributed by atoms with Crippen molar-refractivity contribution in [1.29, 1.82) is 0 Å². The topological polar surface area (TPSA) is 73.9 Å². The van der Waals surface area contributed by atoms with Crippen LogP contribution in [0.5, 0.6) is 0 Å². The number of amides is 1. The normalized spacial score (nSPS) is 23.8. The highest BCUT2D eigenvalue weighted by atomic mass is 32.1. The quantitative estimate of drug-likeness (QED) is 0.637. The molecule has 2 N–H and O–H groups in total. The van der Waals surface area contributed by atoms with Crippen molar-refractivity contribution >= 4 is 33.4 Å². The Hall–Kier alpha value is -2.62. The van der Waals surface area contributed by atoms with E-state index in [2.05, 4.69) is 20.3 Å². The Kier molecular flexibility index (Phi) is 4.68. The number of thiazole rings is 1. The molecule has 0 unspecified atom stereocenters. The first kappa shape index (κ1) is 19.3. The number of nitrogens with zero attached hydrogens (tertiary/aromatic N) is 3. The number of carbonyl (C=O) groups is 1. The van der Waals surface area contributed by atoms with Crippen LogP contribution in [0, 0.1) is 5.92 Å². The number of aromatic amines is 1. The number of nitrogens with one attached hydrogen (secondary N) is 2. The number of carbonyl (C=O) groups excluding carboxylic acids is 1. The molecule has 2 aliphatic rings. The summed E-state index contributed by atoms with van der Waals surface area (Å²) in [5.41, 5.74) is 1.08. The van der Waals surface area contributed by atoms with Crippen molar-refractivity contribution in [2.45, 2.75) is 37.4 Å². The summed E-state index contributed by atoms with van der Waals surface area (Å²) in [4.78, 5) is 25.9. The molecule has 158 valence electrons. The number of hydrogen-bond donors (Lipinski definition) is 2. The molecule has 1 amide bonds. The summed E-state index contributed by atoms with van der Waals surface area (Å²) in [6.45, 7) is 1.06. The average Bonchev–Trinajstić information content (AvgIpc) is 3.13. The Morgan fingerprint density at radius 3 is 2.90 bits per heavy atom. The first-order valence-electron chi connectivity index (χ1n) is 9.88. The molecule has 6 nitrogen and oxygen atoms in total. The minimum atomic E-state index is -4.43. The summed E-state index contributed by atoms with van der Waals surface area (Å²) in [6, 6.07) is 7.79. The van der Waals surface area contributed by atoms with E-state index in [1.807, 2.05) is 24.3 Å². The molecule has 10 heteroatoms. The van der Waals surface area contributed by atoms with Crippen molar-refractivity contribution < 1.29 is 18.0 Å². The monoisotopic (exact) mass is 435 g/mol. The molecular weight excluding hydrogens is 415 g/mol. The Labute approximate surface area is 174 Å². The average molecular weight is 435 g/mol. The summed E-state index contributed by atoms with van der Waals surface area (Å²) in [6.07, 6.45) is -2.36. The molecule has 3 heterocycles. The number of halogens is 3. The smallest absolute Gasteiger partial charge is 0.352 e. The third-order valence-electron chi connectivity index (χ3n) is 5.74. The van der Waals surface area contributed by atoms with E-state index in [0.29, 0.717) is 31.1 Å². The number of anilines is 1. The molecule has 0 spiro atoms. The van der Waals surface area contributed by atoms with E-state index in [1.54, 1.807) is 4.90 Å². The minimum absolute atomic E-state index is 0.0134. The summed E-state index contributed by atoms with van der Waals surface area (Å²) >= 11 is 0.986. The Morgan fingerprint density at radius 1 is 1.30 bits per heavy atom. The van der Waals surface area contributed by atoms with Crippen LogP contribution in [-0.4, -0.2) is 40.0 Å². The molecule has 3 aromatic rings. The van der Waals surface area contributed by atoms with Gasteiger partial charge < -0.3 is 15.2 Å². The summed E-state index contributed by atoms with van der Waals surface area (Å²) in [5.74, 6) is 1.47. The molecule has 0 bridgehead atoms. The van der Waals surface area contributed by atoms with Crippen molar-refractivity contribution in [2.24, 2.45) is 5.92 Å². The Balaban J connectivity index is 1.12. The van der Waals surface area contributed by atoms with Gasteiger partial charge in [0.2, 0.25) is 5.91 Å². The van der Waals surface area contributed by atoms with Gasteiger partial charge in [-0.15, -0.1) is 11.3 Å². The third-order valence-corrected chi connectivity index (χ3v) is 6.64. The molecule has 1 saturated heterocycles. The lowest BCUT2D eigenvalue weighted by molar-refractivity contribution is -0.140. The summed E-state index contributed by atoms with van der Waals surface area (Å²) in [7, 11) is 0. The highest BCUT2D eigenvalue weighted by molar-refractivity contribution is 7.13. The van der Waals surface area contributed by atoms with Crippen molar-refractivity contribution in [3.63, 3.8) is 0 Å². The van der Waals surface area contributed by atoms with Crippen LogP contribution in [-0.2, 0) is 11.0 Å². The summed E-state index contributed by atoms with van der Waals surface area (Å²) < 4.78 is 38.2. The third kappa shape index (κ3) is 3.88. The van der Waals surface area contributed by atoms with E-state index in [-0.39, 0.29) is 23.8 Å². The van der Waals surface area contributed by atoms with Gasteiger partial charge >= 0.3 is 6.18 Å². The fourth-order valence-electron chi connectivity index (χ4n) is 4.07. The van der Waals surface area contributed by atoms with Gasteiger partial charge in [-0.1, -0.05) is 12.1 Å². The van der Waals surface area contributed by atoms with Crippen LogP contribution in [0.1, 0.15) is 36.7 Å². The minimum Gasteiger partial charge on any atom is -0.352 e. The van der Waals surface area contributed by atoms with Gasteiger partial charge in [-0.25, -0.2) is 9.97 Å². The van der Waals surface area contributed by atoms with Gasteiger partial charge in [-0.05, 0) is 30.9 Å². The van der Waals surface area contributed by atoms with Crippen LogP contribution in [0.25, 0.3) is 11.0 Å². The highest BCUT2D eigenvalue weighted by Gasteiger charge is 2.42. The van der Waals surface area contributed by atoms with E-state index in [9.17, 15) is 18.0 Å². The van der Waals surface area contributed by atoms with Crippen molar-refractivity contribution in [1.82, 2.24) is 20.3 Å². The summed E-state index contributed by atoms with van der Waals surface area (Å²) in [5, 5.41) is 4.42. The second kappa shape index (κ2) is 7.26. The molecule has 2 fully saturated rings. The molecule has 30 heavy (non-hydrogen) atoms. The van der Waals surface area contributed by atoms with Crippen LogP contribution < -0.4 is 10.2 Å². The number of alkyl halides is 3. The lowest BCUT2D eigenvalue weighted by Gasteiger charge is -2.16. The standard InChI is InChI=1S/C20H20F3N5OS/c21-20(22,23)16-10-30-19(27-16)28-6-5-12(9-28)24-17(29)8-11-7-13(11)18-25-14-3-1-2-4-15(14)26-18/h1-4,10-13H,5-9H2,(H,24,29)(H,25,26)/t11-,12+,13-/m0/s1. The van der Waals surface area contributed by atoms with Crippen LogP contribution in [0.2, 0.25) is 0 Å². The zero-order chi connectivity index (χ0) is 20.9. The molecule has 1 aliphatic carbocycles. The number of para-hydroxylation sites is 2. The Bertz CT molecular complexity index is 1040. The van der Waals surface area contributed by atoms with Gasteiger partial charge in [0, 0.05) is 36.9 Å². The number of aromatic nitrogens is 3. The predicted molar refractivity (Wildman–Crippen MR) is 107 cm³/mol. The zero-order valence-corrected chi connectivity index (χ0v) is 16.8. The number of rotatable bonds is 5. The molecule has 1 aromatic carbocycles. The van der Waals surface area contributed by atoms with Gasteiger partial charge in [-0.3, -0.25) is 4.79 Å². The predicted octanol–water partition coefficient (Wildman–Crippen LogP) is 3.93. The van der Waals surface area contributed by atoms with Crippen LogP contribution in [0.3, 0.4) is 0 Å². The Morgan fingerprint density at radius 2 is 2.13 bits per heavy atom. The zero-order valence-electron chi connectivity index (χ0n) is 15.9. The van der Waals surface area contributed by atoms with Crippen molar-refractivity contribution in [3.05, 3.63) is 41.2 Å². The lowest BCUT2D eigenvalue weighted by atomic mass is 10.2.